The summed E-state index contributed by atoms with van der Waals surface area (Å²) in [6, 6.07) is 5.83. The second-order valence-electron chi connectivity index (χ2n) is 4.82. The number of rotatable bonds is 10. The molecule has 1 nitrogen and oxygen atoms in total. The van der Waals surface area contributed by atoms with Crippen molar-refractivity contribution in [2.45, 2.75) is 57.2 Å². The third-order valence-electron chi connectivity index (χ3n) is 3.21. The number of halogens is 2. The quantitative estimate of drug-likeness (QED) is 0.353. The lowest BCUT2D eigenvalue weighted by Crippen LogP contribution is -2.00. The van der Waals surface area contributed by atoms with Gasteiger partial charge in [-0.15, -0.1) is 0 Å². The van der Waals surface area contributed by atoms with E-state index < -0.39 is 0 Å². The maximum atomic E-state index is 6.13. The highest BCUT2D eigenvalue weighted by molar-refractivity contribution is 9.08. The zero-order chi connectivity index (χ0) is 13.9. The predicted octanol–water partition coefficient (Wildman–Crippen LogP) is 6.36. The molecule has 0 aromatic heterocycles. The highest BCUT2D eigenvalue weighted by Crippen LogP contribution is 2.28. The number of hydrogen-bond acceptors (Lipinski definition) is 1. The SMILES string of the molecule is CCCCCCCCCOc1cccc(Cl)c1CBr. The fourth-order valence-electron chi connectivity index (χ4n) is 2.05. The minimum absolute atomic E-state index is 0.735. The fourth-order valence-corrected chi connectivity index (χ4v) is 3.02. The Kier molecular flexibility index (Phi) is 9.36. The molecule has 1 aromatic rings. The summed E-state index contributed by atoms with van der Waals surface area (Å²) < 4.78 is 5.82. The maximum Gasteiger partial charge on any atom is 0.124 e. The van der Waals surface area contributed by atoms with Gasteiger partial charge < -0.3 is 4.74 Å². The van der Waals surface area contributed by atoms with Crippen LogP contribution in [0.1, 0.15) is 57.4 Å². The molecule has 0 saturated carbocycles. The highest BCUT2D eigenvalue weighted by Gasteiger charge is 2.06. The molecule has 108 valence electrons. The van der Waals surface area contributed by atoms with Gasteiger partial charge >= 0.3 is 0 Å². The van der Waals surface area contributed by atoms with Crippen LogP contribution in [0, 0.1) is 0 Å². The van der Waals surface area contributed by atoms with E-state index in [1.807, 2.05) is 18.2 Å². The third kappa shape index (κ3) is 6.67. The summed E-state index contributed by atoms with van der Waals surface area (Å²) in [6.07, 6.45) is 9.12. The van der Waals surface area contributed by atoms with E-state index in [9.17, 15) is 0 Å². The zero-order valence-electron chi connectivity index (χ0n) is 11.8. The van der Waals surface area contributed by atoms with E-state index in [0.29, 0.717) is 0 Å². The van der Waals surface area contributed by atoms with Crippen molar-refractivity contribution in [3.05, 3.63) is 28.8 Å². The van der Waals surface area contributed by atoms with Crippen molar-refractivity contribution in [2.24, 2.45) is 0 Å². The monoisotopic (exact) mass is 346 g/mol. The summed E-state index contributed by atoms with van der Waals surface area (Å²) in [6.45, 7) is 3.04. The molecule has 0 spiro atoms. The van der Waals surface area contributed by atoms with Crippen LogP contribution in [0.2, 0.25) is 5.02 Å². The molecule has 19 heavy (non-hydrogen) atoms. The molecule has 1 aromatic carbocycles. The number of benzene rings is 1. The summed E-state index contributed by atoms with van der Waals surface area (Å²) in [5.41, 5.74) is 1.05. The largest absolute Gasteiger partial charge is 0.493 e. The first-order valence-electron chi connectivity index (χ1n) is 7.25. The van der Waals surface area contributed by atoms with E-state index in [4.69, 9.17) is 16.3 Å². The molecule has 0 fully saturated rings. The molecule has 0 aliphatic carbocycles. The predicted molar refractivity (Wildman–Crippen MR) is 87.6 cm³/mol. The van der Waals surface area contributed by atoms with Crippen LogP contribution < -0.4 is 4.74 Å². The Balaban J connectivity index is 2.17. The molecule has 0 aliphatic rings. The number of alkyl halides is 1. The van der Waals surface area contributed by atoms with Crippen molar-refractivity contribution in [3.63, 3.8) is 0 Å². The summed E-state index contributed by atoms with van der Waals surface area (Å²) >= 11 is 9.58. The second-order valence-corrected chi connectivity index (χ2v) is 5.79. The standard InChI is InChI=1S/C16H24BrClO/c1-2-3-4-5-6-7-8-12-19-16-11-9-10-15(18)14(16)13-17/h9-11H,2-8,12-13H2,1H3. The van der Waals surface area contributed by atoms with E-state index in [0.717, 1.165) is 34.7 Å². The van der Waals surface area contributed by atoms with Crippen LogP contribution in [0.5, 0.6) is 5.75 Å². The molecule has 1 rings (SSSR count). The van der Waals surface area contributed by atoms with Gasteiger partial charge in [-0.3, -0.25) is 0 Å². The summed E-state index contributed by atoms with van der Waals surface area (Å²) in [5.74, 6) is 0.912. The molecule has 0 N–H and O–H groups in total. The van der Waals surface area contributed by atoms with Gasteiger partial charge in [0, 0.05) is 15.9 Å². The molecule has 3 heteroatoms. The van der Waals surface area contributed by atoms with Gasteiger partial charge in [-0.2, -0.15) is 0 Å². The van der Waals surface area contributed by atoms with Crippen LogP contribution in [-0.2, 0) is 5.33 Å². The zero-order valence-corrected chi connectivity index (χ0v) is 14.1. The van der Waals surface area contributed by atoms with Gasteiger partial charge in [0.15, 0.2) is 0 Å². The fraction of sp³-hybridized carbons (Fsp3) is 0.625. The molecular formula is C16H24BrClO. The Morgan fingerprint density at radius 2 is 1.74 bits per heavy atom. The first kappa shape index (κ1) is 16.8. The molecule has 0 radical (unpaired) electrons. The van der Waals surface area contributed by atoms with Crippen molar-refractivity contribution >= 4 is 27.5 Å². The Labute approximate surface area is 130 Å². The van der Waals surface area contributed by atoms with Gasteiger partial charge in [0.1, 0.15) is 5.75 Å². The Morgan fingerprint density at radius 3 is 2.42 bits per heavy atom. The minimum atomic E-state index is 0.735. The molecule has 0 saturated heterocycles. The van der Waals surface area contributed by atoms with Gasteiger partial charge in [-0.05, 0) is 18.6 Å². The average molecular weight is 348 g/mol. The van der Waals surface area contributed by atoms with Crippen molar-refractivity contribution in [1.82, 2.24) is 0 Å². The smallest absolute Gasteiger partial charge is 0.124 e. The second kappa shape index (κ2) is 10.6. The number of hydrogen-bond donors (Lipinski definition) is 0. The molecular weight excluding hydrogens is 324 g/mol. The van der Waals surface area contributed by atoms with E-state index in [2.05, 4.69) is 22.9 Å². The molecule has 0 atom stereocenters. The van der Waals surface area contributed by atoms with Gasteiger partial charge in [-0.1, -0.05) is 79.0 Å². The van der Waals surface area contributed by atoms with Crippen LogP contribution >= 0.6 is 27.5 Å². The van der Waals surface area contributed by atoms with Crippen LogP contribution in [0.3, 0.4) is 0 Å². The van der Waals surface area contributed by atoms with Crippen LogP contribution in [0.4, 0.5) is 0 Å². The first-order valence-corrected chi connectivity index (χ1v) is 8.75. The van der Waals surface area contributed by atoms with Crippen LogP contribution in [-0.4, -0.2) is 6.61 Å². The van der Waals surface area contributed by atoms with Gasteiger partial charge in [0.05, 0.1) is 6.61 Å². The number of unbranched alkanes of at least 4 members (excludes halogenated alkanes) is 6. The third-order valence-corrected chi connectivity index (χ3v) is 4.13. The minimum Gasteiger partial charge on any atom is -0.493 e. The first-order chi connectivity index (χ1) is 9.29. The molecule has 0 aliphatic heterocycles. The molecule has 0 amide bonds. The highest BCUT2D eigenvalue weighted by atomic mass is 79.9. The van der Waals surface area contributed by atoms with Crippen molar-refractivity contribution < 1.29 is 4.74 Å². The summed E-state index contributed by atoms with van der Waals surface area (Å²) in [4.78, 5) is 0. The van der Waals surface area contributed by atoms with Crippen molar-refractivity contribution in [2.75, 3.05) is 6.61 Å². The lowest BCUT2D eigenvalue weighted by atomic mass is 10.1. The van der Waals surface area contributed by atoms with Gasteiger partial charge in [0.25, 0.3) is 0 Å². The maximum absolute atomic E-state index is 6.13. The van der Waals surface area contributed by atoms with Crippen LogP contribution in [0.15, 0.2) is 18.2 Å². The van der Waals surface area contributed by atoms with E-state index in [1.165, 1.54) is 38.5 Å². The number of ether oxygens (including phenoxy) is 1. The van der Waals surface area contributed by atoms with Gasteiger partial charge in [-0.25, -0.2) is 0 Å². The topological polar surface area (TPSA) is 9.23 Å². The summed E-state index contributed by atoms with van der Waals surface area (Å²) in [7, 11) is 0. The van der Waals surface area contributed by atoms with E-state index in [-0.39, 0.29) is 0 Å². The van der Waals surface area contributed by atoms with E-state index in [1.54, 1.807) is 0 Å². The van der Waals surface area contributed by atoms with Crippen molar-refractivity contribution in [1.29, 1.82) is 0 Å². The van der Waals surface area contributed by atoms with Gasteiger partial charge in [0.2, 0.25) is 0 Å². The lowest BCUT2D eigenvalue weighted by Gasteiger charge is -2.11. The molecule has 0 bridgehead atoms. The molecule has 0 heterocycles. The Morgan fingerprint density at radius 1 is 1.05 bits per heavy atom. The summed E-state index contributed by atoms with van der Waals surface area (Å²) in [5, 5.41) is 1.51. The normalized spacial score (nSPS) is 10.7. The molecule has 0 unspecified atom stereocenters. The Hall–Kier alpha value is -0.210. The lowest BCUT2D eigenvalue weighted by molar-refractivity contribution is 0.302. The van der Waals surface area contributed by atoms with E-state index >= 15 is 0 Å². The van der Waals surface area contributed by atoms with Crippen molar-refractivity contribution in [3.8, 4) is 5.75 Å². The van der Waals surface area contributed by atoms with Crippen LogP contribution in [0.25, 0.3) is 0 Å². The average Bonchev–Trinajstić information content (AvgIpc) is 2.42. The Bertz CT molecular complexity index is 355.